The molecule has 2 heterocycles. The third kappa shape index (κ3) is 5.07. The first kappa shape index (κ1) is 27.0. The predicted octanol–water partition coefficient (Wildman–Crippen LogP) is 6.70. The summed E-state index contributed by atoms with van der Waals surface area (Å²) in [5, 5.41) is 0. The van der Waals surface area contributed by atoms with Gasteiger partial charge in [-0.2, -0.15) is 0 Å². The Morgan fingerprint density at radius 2 is 1.17 bits per heavy atom. The molecule has 4 nitrogen and oxygen atoms in total. The maximum absolute atomic E-state index is 13.7. The van der Waals surface area contributed by atoms with E-state index in [4.69, 9.17) is 0 Å². The van der Waals surface area contributed by atoms with Crippen LogP contribution < -0.4 is 0 Å². The number of rotatable bonds is 6. The lowest BCUT2D eigenvalue weighted by molar-refractivity contribution is -0.142. The number of carbonyl (C=O) groups excluding carboxylic acids is 2. The van der Waals surface area contributed by atoms with Gasteiger partial charge in [-0.25, -0.2) is 8.78 Å². The Kier molecular flexibility index (Phi) is 7.30. The van der Waals surface area contributed by atoms with E-state index in [1.165, 1.54) is 42.7 Å². The molecule has 2 bridgehead atoms. The SMILES string of the molecule is O=C1C2C3CCC(C3)C2C(=O)N1CC1CCCCC1CN1CCC(=C(c2ccc(F)cc2)c2ccc(F)cc2)CC1. The molecular weight excluding hydrogens is 518 g/mol. The first-order valence-electron chi connectivity index (χ1n) is 15.8. The van der Waals surface area contributed by atoms with Gasteiger partial charge in [0.15, 0.2) is 0 Å². The number of benzene rings is 2. The lowest BCUT2D eigenvalue weighted by Crippen LogP contribution is -2.43. The monoisotopic (exact) mass is 558 g/mol. The molecule has 0 spiro atoms. The summed E-state index contributed by atoms with van der Waals surface area (Å²) < 4.78 is 27.4. The van der Waals surface area contributed by atoms with Crippen LogP contribution in [0.1, 0.15) is 68.9 Å². The van der Waals surface area contributed by atoms with Crippen LogP contribution in [0.3, 0.4) is 0 Å². The molecule has 41 heavy (non-hydrogen) atoms. The predicted molar refractivity (Wildman–Crippen MR) is 154 cm³/mol. The largest absolute Gasteiger partial charge is 0.302 e. The lowest BCUT2D eigenvalue weighted by Gasteiger charge is -2.39. The maximum Gasteiger partial charge on any atom is 0.233 e. The molecule has 0 aromatic heterocycles. The van der Waals surface area contributed by atoms with Crippen LogP contribution in [-0.2, 0) is 9.59 Å². The van der Waals surface area contributed by atoms with Gasteiger partial charge in [0, 0.05) is 26.2 Å². The maximum atomic E-state index is 13.7. The van der Waals surface area contributed by atoms with E-state index < -0.39 is 0 Å². The minimum Gasteiger partial charge on any atom is -0.302 e. The number of likely N-dealkylation sites (tertiary alicyclic amines) is 2. The van der Waals surface area contributed by atoms with Crippen LogP contribution in [-0.4, -0.2) is 47.8 Å². The Hall–Kier alpha value is -2.86. The number of carbonyl (C=O) groups is 2. The van der Waals surface area contributed by atoms with Gasteiger partial charge in [0.25, 0.3) is 0 Å². The van der Waals surface area contributed by atoms with Crippen molar-refractivity contribution in [3.63, 3.8) is 0 Å². The number of fused-ring (bicyclic) bond motifs is 5. The van der Waals surface area contributed by atoms with Crippen LogP contribution >= 0.6 is 0 Å². The van der Waals surface area contributed by atoms with E-state index in [2.05, 4.69) is 4.90 Å². The molecule has 2 aromatic rings. The summed E-state index contributed by atoms with van der Waals surface area (Å²) in [4.78, 5) is 31.0. The quantitative estimate of drug-likeness (QED) is 0.371. The van der Waals surface area contributed by atoms with E-state index in [0.29, 0.717) is 30.2 Å². The molecule has 5 aliphatic rings. The number of hydrogen-bond acceptors (Lipinski definition) is 3. The van der Waals surface area contributed by atoms with Crippen LogP contribution in [0.25, 0.3) is 5.57 Å². The van der Waals surface area contributed by atoms with Gasteiger partial charge in [0.05, 0.1) is 11.8 Å². The van der Waals surface area contributed by atoms with Crippen LogP contribution in [0, 0.1) is 47.1 Å². The molecule has 6 atom stereocenters. The Bertz CT molecular complexity index is 1250. The Morgan fingerprint density at radius 3 is 1.68 bits per heavy atom. The van der Waals surface area contributed by atoms with Crippen molar-refractivity contribution in [1.82, 2.24) is 9.80 Å². The molecular formula is C35H40F2N2O2. The highest BCUT2D eigenvalue weighted by molar-refractivity contribution is 6.06. The molecule has 0 radical (unpaired) electrons. The average molecular weight is 559 g/mol. The van der Waals surface area contributed by atoms with E-state index in [1.807, 2.05) is 24.3 Å². The molecule has 2 aliphatic heterocycles. The second-order valence-corrected chi connectivity index (χ2v) is 13.3. The summed E-state index contributed by atoms with van der Waals surface area (Å²) in [5.74, 6) is 1.48. The fourth-order valence-electron chi connectivity index (χ4n) is 9.05. The van der Waals surface area contributed by atoms with Crippen LogP contribution in [0.2, 0.25) is 0 Å². The molecule has 5 fully saturated rings. The third-order valence-corrected chi connectivity index (χ3v) is 11.1. The number of halogens is 2. The summed E-state index contributed by atoms with van der Waals surface area (Å²) in [6.45, 7) is 3.51. The van der Waals surface area contributed by atoms with Gasteiger partial charge < -0.3 is 4.90 Å². The Labute approximate surface area is 241 Å². The Morgan fingerprint density at radius 1 is 0.683 bits per heavy atom. The molecule has 2 aromatic carbocycles. The summed E-state index contributed by atoms with van der Waals surface area (Å²) in [5.41, 5.74) is 4.35. The van der Waals surface area contributed by atoms with Gasteiger partial charge in [0.2, 0.25) is 11.8 Å². The van der Waals surface area contributed by atoms with E-state index in [9.17, 15) is 18.4 Å². The number of amides is 2. The van der Waals surface area contributed by atoms with Crippen LogP contribution in [0.4, 0.5) is 8.78 Å². The summed E-state index contributed by atoms with van der Waals surface area (Å²) in [6, 6.07) is 13.2. The first-order chi connectivity index (χ1) is 20.0. The van der Waals surface area contributed by atoms with Gasteiger partial charge >= 0.3 is 0 Å². The topological polar surface area (TPSA) is 40.6 Å². The van der Waals surface area contributed by atoms with E-state index in [1.54, 1.807) is 4.90 Å². The molecule has 0 N–H and O–H groups in total. The van der Waals surface area contributed by atoms with Gasteiger partial charge in [-0.1, -0.05) is 42.7 Å². The van der Waals surface area contributed by atoms with E-state index >= 15 is 0 Å². The van der Waals surface area contributed by atoms with Gasteiger partial charge in [-0.3, -0.25) is 14.5 Å². The highest BCUT2D eigenvalue weighted by Crippen LogP contribution is 2.56. The zero-order valence-corrected chi connectivity index (χ0v) is 23.7. The standard InChI is InChI=1S/C35H40F2N2O2/c36-29-11-7-22(8-12-29)31(23-9-13-30(37)14-10-23)24-15-17-38(18-16-24)20-27-3-1-2-4-28(27)21-39-34(40)32-25-5-6-26(19-25)33(32)35(39)41/h7-14,25-28,32-33H,1-6,15-21H2. The van der Waals surface area contributed by atoms with Gasteiger partial charge in [-0.05, 0) is 110 Å². The van der Waals surface area contributed by atoms with Crippen molar-refractivity contribution in [3.8, 4) is 0 Å². The van der Waals surface area contributed by atoms with Crippen LogP contribution in [0.5, 0.6) is 0 Å². The minimum absolute atomic E-state index is 0.0213. The molecule has 6 heteroatoms. The molecule has 6 unspecified atom stereocenters. The van der Waals surface area contributed by atoms with E-state index in [0.717, 1.165) is 81.3 Å². The second kappa shape index (κ2) is 11.1. The minimum atomic E-state index is -0.262. The summed E-state index contributed by atoms with van der Waals surface area (Å²) >= 11 is 0. The molecule has 3 aliphatic carbocycles. The van der Waals surface area contributed by atoms with Crippen molar-refractivity contribution < 1.29 is 18.4 Å². The Balaban J connectivity index is 1.04. The lowest BCUT2D eigenvalue weighted by atomic mass is 9.78. The van der Waals surface area contributed by atoms with Crippen molar-refractivity contribution in [1.29, 1.82) is 0 Å². The number of imide groups is 1. The molecule has 2 amide bonds. The average Bonchev–Trinajstić information content (AvgIpc) is 3.67. The zero-order valence-electron chi connectivity index (χ0n) is 23.7. The van der Waals surface area contributed by atoms with Gasteiger partial charge in [0.1, 0.15) is 11.6 Å². The van der Waals surface area contributed by atoms with Crippen molar-refractivity contribution in [2.24, 2.45) is 35.5 Å². The highest BCUT2D eigenvalue weighted by Gasteiger charge is 2.61. The smallest absolute Gasteiger partial charge is 0.233 e. The second-order valence-electron chi connectivity index (χ2n) is 13.3. The highest BCUT2D eigenvalue weighted by atomic mass is 19.1. The number of hydrogen-bond donors (Lipinski definition) is 0. The molecule has 2 saturated heterocycles. The number of piperidine rings is 1. The van der Waals surface area contributed by atoms with Crippen molar-refractivity contribution in [2.75, 3.05) is 26.2 Å². The molecule has 216 valence electrons. The third-order valence-electron chi connectivity index (χ3n) is 11.1. The fourth-order valence-corrected chi connectivity index (χ4v) is 9.05. The number of nitrogens with zero attached hydrogens (tertiary/aromatic N) is 2. The van der Waals surface area contributed by atoms with Crippen molar-refractivity contribution in [3.05, 3.63) is 76.9 Å². The van der Waals surface area contributed by atoms with Crippen LogP contribution in [0.15, 0.2) is 54.1 Å². The normalized spacial score (nSPS) is 31.7. The summed E-state index contributed by atoms with van der Waals surface area (Å²) in [6.07, 6.45) is 9.82. The first-order valence-corrected chi connectivity index (χ1v) is 15.8. The van der Waals surface area contributed by atoms with E-state index in [-0.39, 0.29) is 35.3 Å². The van der Waals surface area contributed by atoms with Crippen molar-refractivity contribution in [2.45, 2.75) is 57.8 Å². The fraction of sp³-hybridized carbons (Fsp3) is 0.543. The van der Waals surface area contributed by atoms with Crippen molar-refractivity contribution >= 4 is 17.4 Å². The summed E-state index contributed by atoms with van der Waals surface area (Å²) in [7, 11) is 0. The zero-order chi connectivity index (χ0) is 28.1. The van der Waals surface area contributed by atoms with Gasteiger partial charge in [-0.15, -0.1) is 0 Å². The molecule has 7 rings (SSSR count). The molecule has 3 saturated carbocycles.